The Morgan fingerprint density at radius 2 is 1.88 bits per heavy atom. The van der Waals surface area contributed by atoms with Gasteiger partial charge in [0, 0.05) is 5.69 Å². The number of amides is 1. The number of anilines is 1. The second-order valence-electron chi connectivity index (χ2n) is 5.29. The smallest absolute Gasteiger partial charge is 0.338 e. The Bertz CT molecular complexity index is 757. The third-order valence-electron chi connectivity index (χ3n) is 3.34. The predicted octanol–water partition coefficient (Wildman–Crippen LogP) is 3.20. The second kappa shape index (κ2) is 8.73. The molecule has 0 saturated carbocycles. The van der Waals surface area contributed by atoms with Gasteiger partial charge < -0.3 is 19.5 Å². The van der Waals surface area contributed by atoms with Crippen LogP contribution in [0.25, 0.3) is 0 Å². The molecular weight excluding hydrogens is 322 g/mol. The summed E-state index contributed by atoms with van der Waals surface area (Å²) >= 11 is 0. The minimum absolute atomic E-state index is 0.281. The third-order valence-corrected chi connectivity index (χ3v) is 3.34. The molecule has 0 unspecified atom stereocenters. The highest BCUT2D eigenvalue weighted by Gasteiger charge is 2.14. The lowest BCUT2D eigenvalue weighted by atomic mass is 10.2. The summed E-state index contributed by atoms with van der Waals surface area (Å²) < 4.78 is 15.6. The van der Waals surface area contributed by atoms with Crippen LogP contribution >= 0.6 is 0 Å². The average molecular weight is 343 g/mol. The van der Waals surface area contributed by atoms with Crippen molar-refractivity contribution < 1.29 is 23.8 Å². The standard InChI is InChI=1S/C19H21NO5/c1-4-24-16-9-8-14(11-17(16)23-3)19(22)25-12-18(21)20-15-7-5-6-13(2)10-15/h5-11H,4,12H2,1-3H3,(H,20,21). The summed E-state index contributed by atoms with van der Waals surface area (Å²) in [5, 5.41) is 2.68. The van der Waals surface area contributed by atoms with Gasteiger partial charge in [-0.3, -0.25) is 4.79 Å². The van der Waals surface area contributed by atoms with E-state index in [1.54, 1.807) is 18.2 Å². The van der Waals surface area contributed by atoms with Crippen LogP contribution in [0.15, 0.2) is 42.5 Å². The first-order chi connectivity index (χ1) is 12.0. The number of aryl methyl sites for hydroxylation is 1. The summed E-state index contributed by atoms with van der Waals surface area (Å²) in [6.07, 6.45) is 0. The molecule has 0 radical (unpaired) electrons. The van der Waals surface area contributed by atoms with Gasteiger partial charge in [0.15, 0.2) is 18.1 Å². The number of esters is 1. The first-order valence-corrected chi connectivity index (χ1v) is 7.88. The quantitative estimate of drug-likeness (QED) is 0.782. The van der Waals surface area contributed by atoms with Crippen LogP contribution in [0.3, 0.4) is 0 Å². The number of benzene rings is 2. The average Bonchev–Trinajstić information content (AvgIpc) is 2.60. The van der Waals surface area contributed by atoms with Crippen molar-refractivity contribution in [3.63, 3.8) is 0 Å². The predicted molar refractivity (Wildman–Crippen MR) is 94.3 cm³/mol. The van der Waals surface area contributed by atoms with Crippen molar-refractivity contribution in [2.24, 2.45) is 0 Å². The minimum atomic E-state index is -0.610. The van der Waals surface area contributed by atoms with Crippen LogP contribution in [0, 0.1) is 6.92 Å². The van der Waals surface area contributed by atoms with E-state index < -0.39 is 11.9 Å². The Morgan fingerprint density at radius 3 is 2.56 bits per heavy atom. The number of ether oxygens (including phenoxy) is 3. The van der Waals surface area contributed by atoms with Crippen molar-refractivity contribution in [2.75, 3.05) is 25.6 Å². The van der Waals surface area contributed by atoms with E-state index in [1.807, 2.05) is 32.0 Å². The first kappa shape index (κ1) is 18.3. The first-order valence-electron chi connectivity index (χ1n) is 7.88. The molecule has 0 spiro atoms. The van der Waals surface area contributed by atoms with Crippen molar-refractivity contribution >= 4 is 17.6 Å². The molecule has 0 heterocycles. The summed E-state index contributed by atoms with van der Waals surface area (Å²) in [5.74, 6) is -0.0446. The number of methoxy groups -OCH3 is 1. The topological polar surface area (TPSA) is 73.9 Å². The molecule has 0 fully saturated rings. The molecule has 0 aliphatic heterocycles. The minimum Gasteiger partial charge on any atom is -0.493 e. The van der Waals surface area contributed by atoms with Gasteiger partial charge in [0.25, 0.3) is 5.91 Å². The molecule has 0 atom stereocenters. The highest BCUT2D eigenvalue weighted by molar-refractivity contribution is 5.95. The molecule has 6 heteroatoms. The van der Waals surface area contributed by atoms with Gasteiger partial charge in [-0.05, 0) is 49.7 Å². The second-order valence-corrected chi connectivity index (χ2v) is 5.29. The Morgan fingerprint density at radius 1 is 1.08 bits per heavy atom. The van der Waals surface area contributed by atoms with Crippen molar-refractivity contribution in [3.05, 3.63) is 53.6 Å². The molecular formula is C19H21NO5. The molecule has 0 saturated heterocycles. The summed E-state index contributed by atoms with van der Waals surface area (Å²) in [6, 6.07) is 12.1. The fourth-order valence-corrected chi connectivity index (χ4v) is 2.20. The lowest BCUT2D eigenvalue weighted by molar-refractivity contribution is -0.119. The monoisotopic (exact) mass is 343 g/mol. The van der Waals surface area contributed by atoms with E-state index in [2.05, 4.69) is 5.32 Å². The zero-order valence-corrected chi connectivity index (χ0v) is 14.5. The Hall–Kier alpha value is -3.02. The maximum Gasteiger partial charge on any atom is 0.338 e. The molecule has 25 heavy (non-hydrogen) atoms. The molecule has 1 N–H and O–H groups in total. The Kier molecular flexibility index (Phi) is 6.39. The zero-order chi connectivity index (χ0) is 18.2. The lowest BCUT2D eigenvalue weighted by Gasteiger charge is -2.11. The van der Waals surface area contributed by atoms with Crippen molar-refractivity contribution in [1.29, 1.82) is 0 Å². The van der Waals surface area contributed by atoms with E-state index in [9.17, 15) is 9.59 Å². The van der Waals surface area contributed by atoms with Crippen LogP contribution in [0.2, 0.25) is 0 Å². The van der Waals surface area contributed by atoms with Crippen LogP contribution < -0.4 is 14.8 Å². The third kappa shape index (κ3) is 5.24. The number of hydrogen-bond donors (Lipinski definition) is 1. The van der Waals surface area contributed by atoms with E-state index >= 15 is 0 Å². The fraction of sp³-hybridized carbons (Fsp3) is 0.263. The van der Waals surface area contributed by atoms with Gasteiger partial charge in [-0.1, -0.05) is 12.1 Å². The number of hydrogen-bond acceptors (Lipinski definition) is 5. The molecule has 2 aromatic rings. The van der Waals surface area contributed by atoms with Crippen LogP contribution in [-0.2, 0) is 9.53 Å². The van der Waals surface area contributed by atoms with E-state index in [0.717, 1.165) is 5.56 Å². The highest BCUT2D eigenvalue weighted by atomic mass is 16.5. The maximum atomic E-state index is 12.1. The molecule has 6 nitrogen and oxygen atoms in total. The SMILES string of the molecule is CCOc1ccc(C(=O)OCC(=O)Nc2cccc(C)c2)cc1OC. The molecule has 2 rings (SSSR count). The van der Waals surface area contributed by atoms with Crippen LogP contribution in [0.5, 0.6) is 11.5 Å². The molecule has 0 aromatic heterocycles. The largest absolute Gasteiger partial charge is 0.493 e. The van der Waals surface area contributed by atoms with E-state index in [0.29, 0.717) is 23.8 Å². The van der Waals surface area contributed by atoms with E-state index in [4.69, 9.17) is 14.2 Å². The zero-order valence-electron chi connectivity index (χ0n) is 14.5. The molecule has 0 aliphatic carbocycles. The van der Waals surface area contributed by atoms with Gasteiger partial charge in [0.1, 0.15) is 0 Å². The number of carbonyl (C=O) groups is 2. The normalized spacial score (nSPS) is 10.0. The molecule has 1 amide bonds. The van der Waals surface area contributed by atoms with Crippen LogP contribution in [0.4, 0.5) is 5.69 Å². The van der Waals surface area contributed by atoms with Gasteiger partial charge >= 0.3 is 5.97 Å². The summed E-state index contributed by atoms with van der Waals surface area (Å²) in [5.41, 5.74) is 1.96. The van der Waals surface area contributed by atoms with Gasteiger partial charge in [0.05, 0.1) is 19.3 Å². The van der Waals surface area contributed by atoms with Gasteiger partial charge in [-0.2, -0.15) is 0 Å². The number of carbonyl (C=O) groups excluding carboxylic acids is 2. The lowest BCUT2D eigenvalue weighted by Crippen LogP contribution is -2.21. The van der Waals surface area contributed by atoms with Gasteiger partial charge in [0.2, 0.25) is 0 Å². The van der Waals surface area contributed by atoms with E-state index in [-0.39, 0.29) is 12.2 Å². The summed E-state index contributed by atoms with van der Waals surface area (Å²) in [7, 11) is 1.49. The van der Waals surface area contributed by atoms with Crippen molar-refractivity contribution in [2.45, 2.75) is 13.8 Å². The van der Waals surface area contributed by atoms with Crippen molar-refractivity contribution in [3.8, 4) is 11.5 Å². The fourth-order valence-electron chi connectivity index (χ4n) is 2.20. The van der Waals surface area contributed by atoms with Gasteiger partial charge in [-0.25, -0.2) is 4.79 Å². The Balaban J connectivity index is 1.94. The molecule has 0 bridgehead atoms. The molecule has 132 valence electrons. The molecule has 2 aromatic carbocycles. The highest BCUT2D eigenvalue weighted by Crippen LogP contribution is 2.28. The number of rotatable bonds is 7. The van der Waals surface area contributed by atoms with Crippen LogP contribution in [0.1, 0.15) is 22.8 Å². The Labute approximate surface area is 146 Å². The van der Waals surface area contributed by atoms with Crippen LogP contribution in [-0.4, -0.2) is 32.2 Å². The van der Waals surface area contributed by atoms with E-state index in [1.165, 1.54) is 13.2 Å². The summed E-state index contributed by atoms with van der Waals surface area (Å²) in [4.78, 5) is 24.0. The van der Waals surface area contributed by atoms with Gasteiger partial charge in [-0.15, -0.1) is 0 Å². The molecule has 0 aliphatic rings. The maximum absolute atomic E-state index is 12.1. The van der Waals surface area contributed by atoms with Crippen molar-refractivity contribution in [1.82, 2.24) is 0 Å². The summed E-state index contributed by atoms with van der Waals surface area (Å²) in [6.45, 7) is 3.89. The number of nitrogens with one attached hydrogen (secondary N) is 1.